The summed E-state index contributed by atoms with van der Waals surface area (Å²) in [5, 5.41) is 10.4. The van der Waals surface area contributed by atoms with E-state index in [9.17, 15) is 0 Å². The number of nitrogen functional groups attached to an aromatic ring is 1. The fourth-order valence-electron chi connectivity index (χ4n) is 4.27. The number of rotatable bonds is 3. The second kappa shape index (κ2) is 11.2. The van der Waals surface area contributed by atoms with Crippen LogP contribution in [0.4, 0.5) is 5.82 Å². The number of aryl methyl sites for hydroxylation is 2. The van der Waals surface area contributed by atoms with Crippen molar-refractivity contribution in [1.29, 1.82) is 0 Å². The SMILES string of the molecule is Cc1ccc(C)c2cc(-c3cc(-c4cnn(C5CCNCC5)c4)cnc3N)ncc12.Cl.Cl.Cl. The van der Waals surface area contributed by atoms with Crippen molar-refractivity contribution in [3.63, 3.8) is 0 Å². The zero-order valence-electron chi connectivity index (χ0n) is 18.6. The number of halogens is 3. The Kier molecular flexibility index (Phi) is 9.09. The van der Waals surface area contributed by atoms with Gasteiger partial charge in [-0.05, 0) is 68.4 Å². The number of benzene rings is 1. The van der Waals surface area contributed by atoms with Gasteiger partial charge in [-0.1, -0.05) is 12.1 Å². The zero-order chi connectivity index (χ0) is 20.7. The van der Waals surface area contributed by atoms with Gasteiger partial charge in [0.25, 0.3) is 0 Å². The Morgan fingerprint density at radius 3 is 2.30 bits per heavy atom. The van der Waals surface area contributed by atoms with Gasteiger partial charge in [0.05, 0.1) is 17.9 Å². The quantitative estimate of drug-likeness (QED) is 0.380. The molecular formula is C24H29Cl3N6. The van der Waals surface area contributed by atoms with Gasteiger partial charge in [-0.15, -0.1) is 37.2 Å². The Bertz CT molecular complexity index is 1230. The van der Waals surface area contributed by atoms with Gasteiger partial charge in [-0.2, -0.15) is 5.10 Å². The van der Waals surface area contributed by atoms with Crippen LogP contribution in [-0.4, -0.2) is 32.8 Å². The topological polar surface area (TPSA) is 81.7 Å². The standard InChI is InChI=1S/C24H26N6.3ClH/c1-15-3-4-16(2)22-13-27-23(10-20(15)22)21-9-17(11-28-24(21)25)18-12-29-30(14-18)19-5-7-26-8-6-19;;;/h3-4,9-14,19,26H,5-8H2,1-2H3,(H2,25,28);3*1H. The summed E-state index contributed by atoms with van der Waals surface area (Å²) in [6.07, 6.45) is 10.0. The van der Waals surface area contributed by atoms with Crippen LogP contribution in [0.25, 0.3) is 33.2 Å². The zero-order valence-corrected chi connectivity index (χ0v) is 21.1. The van der Waals surface area contributed by atoms with Crippen molar-refractivity contribution in [3.05, 3.63) is 60.2 Å². The molecule has 0 atom stereocenters. The van der Waals surface area contributed by atoms with Crippen LogP contribution in [0.1, 0.15) is 30.0 Å². The number of aromatic nitrogens is 4. The molecule has 33 heavy (non-hydrogen) atoms. The molecule has 0 amide bonds. The molecule has 0 spiro atoms. The Hall–Kier alpha value is -2.38. The van der Waals surface area contributed by atoms with E-state index in [0.29, 0.717) is 11.9 Å². The lowest BCUT2D eigenvalue weighted by molar-refractivity contribution is 0.343. The van der Waals surface area contributed by atoms with Crippen molar-refractivity contribution in [1.82, 2.24) is 25.1 Å². The maximum atomic E-state index is 6.25. The van der Waals surface area contributed by atoms with Crippen LogP contribution >= 0.6 is 37.2 Å². The number of hydrogen-bond donors (Lipinski definition) is 2. The van der Waals surface area contributed by atoms with E-state index in [1.165, 1.54) is 21.9 Å². The van der Waals surface area contributed by atoms with Crippen LogP contribution < -0.4 is 11.1 Å². The second-order valence-corrected chi connectivity index (χ2v) is 8.16. The smallest absolute Gasteiger partial charge is 0.132 e. The highest BCUT2D eigenvalue weighted by Crippen LogP contribution is 2.32. The number of nitrogens with one attached hydrogen (secondary N) is 1. The van der Waals surface area contributed by atoms with E-state index in [1.807, 2.05) is 18.6 Å². The molecule has 1 saturated heterocycles. The van der Waals surface area contributed by atoms with Crippen LogP contribution in [0.5, 0.6) is 0 Å². The summed E-state index contributed by atoms with van der Waals surface area (Å²) in [6.45, 7) is 6.32. The van der Waals surface area contributed by atoms with Crippen LogP contribution in [0.15, 0.2) is 49.1 Å². The molecule has 1 aliphatic rings. The van der Waals surface area contributed by atoms with Gasteiger partial charge in [0.15, 0.2) is 0 Å². The van der Waals surface area contributed by atoms with Gasteiger partial charge in [0.1, 0.15) is 5.82 Å². The average molecular weight is 508 g/mol. The number of fused-ring (bicyclic) bond motifs is 1. The predicted octanol–water partition coefficient (Wildman–Crippen LogP) is 5.55. The molecule has 1 aliphatic heterocycles. The largest absolute Gasteiger partial charge is 0.383 e. The van der Waals surface area contributed by atoms with Crippen molar-refractivity contribution in [3.8, 4) is 22.4 Å². The van der Waals surface area contributed by atoms with Crippen LogP contribution in [0, 0.1) is 13.8 Å². The maximum absolute atomic E-state index is 6.25. The molecule has 5 rings (SSSR count). The Balaban J connectivity index is 0.00000128. The summed E-state index contributed by atoms with van der Waals surface area (Å²) < 4.78 is 2.09. The van der Waals surface area contributed by atoms with Gasteiger partial charge in [0, 0.05) is 40.7 Å². The van der Waals surface area contributed by atoms with E-state index in [0.717, 1.165) is 48.3 Å². The monoisotopic (exact) mass is 506 g/mol. The van der Waals surface area contributed by atoms with E-state index >= 15 is 0 Å². The summed E-state index contributed by atoms with van der Waals surface area (Å²) in [7, 11) is 0. The minimum Gasteiger partial charge on any atom is -0.383 e. The Labute approximate surface area is 212 Å². The van der Waals surface area contributed by atoms with Crippen molar-refractivity contribution in [2.24, 2.45) is 0 Å². The third-order valence-corrected chi connectivity index (χ3v) is 6.15. The highest BCUT2D eigenvalue weighted by atomic mass is 35.5. The molecule has 0 unspecified atom stereocenters. The van der Waals surface area contributed by atoms with E-state index in [1.54, 1.807) is 0 Å². The lowest BCUT2D eigenvalue weighted by Crippen LogP contribution is -2.29. The second-order valence-electron chi connectivity index (χ2n) is 8.16. The van der Waals surface area contributed by atoms with Crippen molar-refractivity contribution in [2.45, 2.75) is 32.7 Å². The molecule has 3 N–H and O–H groups in total. The minimum absolute atomic E-state index is 0. The van der Waals surface area contributed by atoms with Crippen LogP contribution in [0.2, 0.25) is 0 Å². The van der Waals surface area contributed by atoms with Gasteiger partial charge < -0.3 is 11.1 Å². The van der Waals surface area contributed by atoms with Crippen molar-refractivity contribution < 1.29 is 0 Å². The molecule has 176 valence electrons. The summed E-state index contributed by atoms with van der Waals surface area (Å²) in [5.41, 5.74) is 12.5. The fraction of sp³-hybridized carbons (Fsp3) is 0.292. The summed E-state index contributed by atoms with van der Waals surface area (Å²) >= 11 is 0. The van der Waals surface area contributed by atoms with Gasteiger partial charge in [-0.25, -0.2) is 4.98 Å². The first kappa shape index (κ1) is 26.9. The molecule has 0 radical (unpaired) electrons. The number of anilines is 1. The molecule has 4 aromatic rings. The lowest BCUT2D eigenvalue weighted by Gasteiger charge is -2.22. The molecule has 4 heterocycles. The summed E-state index contributed by atoms with van der Waals surface area (Å²) in [5.74, 6) is 0.488. The van der Waals surface area contributed by atoms with Crippen molar-refractivity contribution >= 4 is 53.8 Å². The lowest BCUT2D eigenvalue weighted by atomic mass is 10.00. The predicted molar refractivity (Wildman–Crippen MR) is 143 cm³/mol. The fourth-order valence-corrected chi connectivity index (χ4v) is 4.27. The Morgan fingerprint density at radius 2 is 1.58 bits per heavy atom. The molecule has 6 nitrogen and oxygen atoms in total. The van der Waals surface area contributed by atoms with E-state index < -0.39 is 0 Å². The first-order valence-electron chi connectivity index (χ1n) is 10.5. The van der Waals surface area contributed by atoms with E-state index in [4.69, 9.17) is 10.7 Å². The van der Waals surface area contributed by atoms with E-state index in [2.05, 4.69) is 64.4 Å². The molecular weight excluding hydrogens is 479 g/mol. The normalized spacial score (nSPS) is 13.6. The first-order valence-corrected chi connectivity index (χ1v) is 10.5. The minimum atomic E-state index is 0. The van der Waals surface area contributed by atoms with Crippen molar-refractivity contribution in [2.75, 3.05) is 18.8 Å². The van der Waals surface area contributed by atoms with E-state index in [-0.39, 0.29) is 37.2 Å². The number of nitrogens with zero attached hydrogens (tertiary/aromatic N) is 4. The molecule has 1 aromatic carbocycles. The number of piperidine rings is 1. The van der Waals surface area contributed by atoms with Crippen LogP contribution in [-0.2, 0) is 0 Å². The highest BCUT2D eigenvalue weighted by molar-refractivity contribution is 5.91. The molecule has 1 fully saturated rings. The van der Waals surface area contributed by atoms with Crippen LogP contribution in [0.3, 0.4) is 0 Å². The molecule has 9 heteroatoms. The van der Waals surface area contributed by atoms with Gasteiger partial charge in [0.2, 0.25) is 0 Å². The average Bonchev–Trinajstić information content (AvgIpc) is 3.27. The van der Waals surface area contributed by atoms with Gasteiger partial charge >= 0.3 is 0 Å². The Morgan fingerprint density at radius 1 is 0.879 bits per heavy atom. The first-order chi connectivity index (χ1) is 14.6. The third kappa shape index (κ3) is 5.25. The third-order valence-electron chi connectivity index (χ3n) is 6.15. The number of hydrogen-bond acceptors (Lipinski definition) is 5. The molecule has 0 saturated carbocycles. The molecule has 0 aliphatic carbocycles. The maximum Gasteiger partial charge on any atom is 0.132 e. The highest BCUT2D eigenvalue weighted by Gasteiger charge is 2.17. The molecule has 0 bridgehead atoms. The molecule has 3 aromatic heterocycles. The number of nitrogens with two attached hydrogens (primary N) is 1. The summed E-state index contributed by atoms with van der Waals surface area (Å²) in [4.78, 5) is 9.17. The number of pyridine rings is 2. The summed E-state index contributed by atoms with van der Waals surface area (Å²) in [6, 6.07) is 8.93. The van der Waals surface area contributed by atoms with Gasteiger partial charge in [-0.3, -0.25) is 9.67 Å².